The molecule has 0 fully saturated rings. The third kappa shape index (κ3) is 3.04. The SMILES string of the molecule is COc1ccc(-c2nnc(Nc3nc4ccc(F)cc4s3)o2)c(OC)c1. The fourth-order valence-electron chi connectivity index (χ4n) is 2.40. The van der Waals surface area contributed by atoms with Gasteiger partial charge in [0, 0.05) is 6.07 Å². The summed E-state index contributed by atoms with van der Waals surface area (Å²) in [5.41, 5.74) is 1.33. The minimum absolute atomic E-state index is 0.178. The molecule has 0 saturated heterocycles. The van der Waals surface area contributed by atoms with Crippen molar-refractivity contribution in [2.75, 3.05) is 19.5 Å². The average Bonchev–Trinajstić information content (AvgIpc) is 3.27. The number of rotatable bonds is 5. The second kappa shape index (κ2) is 6.60. The maximum absolute atomic E-state index is 13.3. The Kier molecular flexibility index (Phi) is 4.13. The van der Waals surface area contributed by atoms with Crippen molar-refractivity contribution in [2.24, 2.45) is 0 Å². The van der Waals surface area contributed by atoms with Crippen LogP contribution >= 0.6 is 11.3 Å². The Hall–Kier alpha value is -3.20. The Morgan fingerprint density at radius 1 is 1.08 bits per heavy atom. The number of halogens is 1. The van der Waals surface area contributed by atoms with E-state index in [2.05, 4.69) is 20.5 Å². The molecule has 0 aliphatic heterocycles. The first-order chi connectivity index (χ1) is 12.7. The zero-order valence-electron chi connectivity index (χ0n) is 13.8. The molecule has 26 heavy (non-hydrogen) atoms. The standard InChI is InChI=1S/C17H13FN4O3S/c1-23-10-4-5-11(13(8-10)24-2)15-21-22-16(25-15)20-17-19-12-6-3-9(18)7-14(12)26-17/h3-8H,1-2H3,(H,19,20,22). The van der Waals surface area contributed by atoms with Crippen molar-refractivity contribution in [1.82, 2.24) is 15.2 Å². The van der Waals surface area contributed by atoms with Gasteiger partial charge in [0.1, 0.15) is 17.3 Å². The van der Waals surface area contributed by atoms with Crippen LogP contribution in [0.15, 0.2) is 40.8 Å². The lowest BCUT2D eigenvalue weighted by Gasteiger charge is -2.07. The van der Waals surface area contributed by atoms with Gasteiger partial charge in [0.15, 0.2) is 5.13 Å². The van der Waals surface area contributed by atoms with Crippen molar-refractivity contribution in [3.8, 4) is 23.0 Å². The predicted octanol–water partition coefficient (Wildman–Crippen LogP) is 4.25. The van der Waals surface area contributed by atoms with Crippen LogP contribution in [0.2, 0.25) is 0 Å². The highest BCUT2D eigenvalue weighted by Gasteiger charge is 2.15. The molecule has 2 heterocycles. The van der Waals surface area contributed by atoms with Crippen LogP contribution in [0.4, 0.5) is 15.5 Å². The van der Waals surface area contributed by atoms with E-state index in [0.717, 1.165) is 4.70 Å². The number of anilines is 2. The molecule has 0 bridgehead atoms. The summed E-state index contributed by atoms with van der Waals surface area (Å²) in [6.07, 6.45) is 0. The summed E-state index contributed by atoms with van der Waals surface area (Å²) < 4.78 is 30.2. The van der Waals surface area contributed by atoms with Gasteiger partial charge >= 0.3 is 6.01 Å². The van der Waals surface area contributed by atoms with Gasteiger partial charge in [-0.25, -0.2) is 9.37 Å². The van der Waals surface area contributed by atoms with Crippen LogP contribution < -0.4 is 14.8 Å². The topological polar surface area (TPSA) is 82.3 Å². The molecule has 0 atom stereocenters. The fourth-order valence-corrected chi connectivity index (χ4v) is 3.28. The Balaban J connectivity index is 1.61. The van der Waals surface area contributed by atoms with Gasteiger partial charge in [-0.15, -0.1) is 5.10 Å². The van der Waals surface area contributed by atoms with Crippen LogP contribution in [-0.4, -0.2) is 29.4 Å². The van der Waals surface area contributed by atoms with E-state index in [4.69, 9.17) is 13.9 Å². The van der Waals surface area contributed by atoms with E-state index in [1.807, 2.05) is 0 Å². The number of thiazole rings is 1. The second-order valence-electron chi connectivity index (χ2n) is 5.23. The number of benzene rings is 2. The molecule has 132 valence electrons. The first kappa shape index (κ1) is 16.3. The summed E-state index contributed by atoms with van der Waals surface area (Å²) in [6, 6.07) is 9.87. The molecule has 4 rings (SSSR count). The molecule has 0 radical (unpaired) electrons. The number of aromatic nitrogens is 3. The average molecular weight is 372 g/mol. The van der Waals surface area contributed by atoms with E-state index in [1.165, 1.54) is 23.5 Å². The number of methoxy groups -OCH3 is 2. The van der Waals surface area contributed by atoms with Crippen molar-refractivity contribution in [3.63, 3.8) is 0 Å². The fraction of sp³-hybridized carbons (Fsp3) is 0.118. The molecule has 4 aromatic rings. The van der Waals surface area contributed by atoms with Crippen molar-refractivity contribution >= 4 is 32.7 Å². The molecule has 0 aliphatic rings. The van der Waals surface area contributed by atoms with Gasteiger partial charge < -0.3 is 13.9 Å². The number of ether oxygens (including phenoxy) is 2. The zero-order valence-corrected chi connectivity index (χ0v) is 14.6. The van der Waals surface area contributed by atoms with Crippen molar-refractivity contribution in [1.29, 1.82) is 0 Å². The molecule has 0 unspecified atom stereocenters. The molecule has 7 nitrogen and oxygen atoms in total. The van der Waals surface area contributed by atoms with Crippen LogP contribution in [0.5, 0.6) is 11.5 Å². The second-order valence-corrected chi connectivity index (χ2v) is 6.27. The van der Waals surface area contributed by atoms with Gasteiger partial charge in [-0.3, -0.25) is 5.32 Å². The van der Waals surface area contributed by atoms with E-state index in [9.17, 15) is 4.39 Å². The van der Waals surface area contributed by atoms with Crippen LogP contribution in [0.3, 0.4) is 0 Å². The number of fused-ring (bicyclic) bond motifs is 1. The summed E-state index contributed by atoms with van der Waals surface area (Å²) in [5, 5.41) is 11.5. The molecule has 2 aromatic carbocycles. The molecular weight excluding hydrogens is 359 g/mol. The van der Waals surface area contributed by atoms with E-state index >= 15 is 0 Å². The van der Waals surface area contributed by atoms with Gasteiger partial charge in [-0.2, -0.15) is 0 Å². The lowest BCUT2D eigenvalue weighted by molar-refractivity contribution is 0.394. The van der Waals surface area contributed by atoms with Gasteiger partial charge in [-0.05, 0) is 30.3 Å². The lowest BCUT2D eigenvalue weighted by atomic mass is 10.2. The summed E-state index contributed by atoms with van der Waals surface area (Å²) in [4.78, 5) is 4.36. The normalized spacial score (nSPS) is 10.9. The number of hydrogen-bond acceptors (Lipinski definition) is 8. The molecule has 2 aromatic heterocycles. The smallest absolute Gasteiger partial charge is 0.322 e. The van der Waals surface area contributed by atoms with E-state index in [1.54, 1.807) is 38.5 Å². The number of nitrogens with one attached hydrogen (secondary N) is 1. The Bertz CT molecular complexity index is 1080. The summed E-state index contributed by atoms with van der Waals surface area (Å²) >= 11 is 1.29. The minimum Gasteiger partial charge on any atom is -0.497 e. The van der Waals surface area contributed by atoms with E-state index in [-0.39, 0.29) is 11.8 Å². The van der Waals surface area contributed by atoms with Gasteiger partial charge in [0.05, 0.1) is 30.0 Å². The summed E-state index contributed by atoms with van der Waals surface area (Å²) in [6.45, 7) is 0. The largest absolute Gasteiger partial charge is 0.497 e. The monoisotopic (exact) mass is 372 g/mol. The van der Waals surface area contributed by atoms with Crippen LogP contribution in [0, 0.1) is 5.82 Å². The molecular formula is C17H13FN4O3S. The van der Waals surface area contributed by atoms with Crippen LogP contribution in [-0.2, 0) is 0 Å². The minimum atomic E-state index is -0.306. The summed E-state index contributed by atoms with van der Waals surface area (Å²) in [5.74, 6) is 1.19. The Morgan fingerprint density at radius 3 is 2.77 bits per heavy atom. The van der Waals surface area contributed by atoms with Gasteiger partial charge in [-0.1, -0.05) is 16.4 Å². The molecule has 0 amide bonds. The molecule has 0 aliphatic carbocycles. The summed E-state index contributed by atoms with van der Waals surface area (Å²) in [7, 11) is 3.13. The molecule has 0 saturated carbocycles. The highest BCUT2D eigenvalue weighted by Crippen LogP contribution is 2.34. The lowest BCUT2D eigenvalue weighted by Crippen LogP contribution is -1.90. The third-order valence-corrected chi connectivity index (χ3v) is 4.56. The number of hydrogen-bond donors (Lipinski definition) is 1. The maximum Gasteiger partial charge on any atom is 0.322 e. The highest BCUT2D eigenvalue weighted by atomic mass is 32.1. The van der Waals surface area contributed by atoms with Crippen LogP contribution in [0.1, 0.15) is 0 Å². The third-order valence-electron chi connectivity index (χ3n) is 3.63. The van der Waals surface area contributed by atoms with Crippen molar-refractivity contribution in [3.05, 3.63) is 42.2 Å². The quantitative estimate of drug-likeness (QED) is 0.561. The van der Waals surface area contributed by atoms with Crippen molar-refractivity contribution in [2.45, 2.75) is 0 Å². The first-order valence-corrected chi connectivity index (χ1v) is 8.37. The number of nitrogens with zero attached hydrogens (tertiary/aromatic N) is 3. The Labute approximate surface area is 151 Å². The Morgan fingerprint density at radius 2 is 1.96 bits per heavy atom. The molecule has 1 N–H and O–H groups in total. The van der Waals surface area contributed by atoms with Crippen LogP contribution in [0.25, 0.3) is 21.7 Å². The van der Waals surface area contributed by atoms with Gasteiger partial charge in [0.2, 0.25) is 0 Å². The maximum atomic E-state index is 13.3. The highest BCUT2D eigenvalue weighted by molar-refractivity contribution is 7.22. The van der Waals surface area contributed by atoms with E-state index in [0.29, 0.717) is 33.6 Å². The zero-order chi connectivity index (χ0) is 18.1. The first-order valence-electron chi connectivity index (χ1n) is 7.55. The van der Waals surface area contributed by atoms with Gasteiger partial charge in [0.25, 0.3) is 5.89 Å². The molecule has 0 spiro atoms. The molecule has 9 heteroatoms. The van der Waals surface area contributed by atoms with Crippen molar-refractivity contribution < 1.29 is 18.3 Å². The predicted molar refractivity (Wildman–Crippen MR) is 95.7 cm³/mol. The van der Waals surface area contributed by atoms with E-state index < -0.39 is 0 Å².